The van der Waals surface area contributed by atoms with Crippen molar-refractivity contribution in [1.82, 2.24) is 14.8 Å². The van der Waals surface area contributed by atoms with Gasteiger partial charge in [-0.25, -0.2) is 8.78 Å². The molecular weight excluding hydrogens is 324 g/mol. The molecule has 1 atom stereocenters. The highest BCUT2D eigenvalue weighted by Gasteiger charge is 2.26. The molecule has 1 saturated heterocycles. The molecule has 1 aromatic carbocycles. The Kier molecular flexibility index (Phi) is 5.38. The topological polar surface area (TPSA) is 36.4 Å². The van der Waals surface area contributed by atoms with Crippen molar-refractivity contribution >= 4 is 5.91 Å². The molecule has 0 spiro atoms. The van der Waals surface area contributed by atoms with Gasteiger partial charge < -0.3 is 4.90 Å². The van der Waals surface area contributed by atoms with Gasteiger partial charge in [-0.1, -0.05) is 6.07 Å². The summed E-state index contributed by atoms with van der Waals surface area (Å²) in [5, 5.41) is 0. The lowest BCUT2D eigenvalue weighted by molar-refractivity contribution is 0.0758. The number of aromatic nitrogens is 1. The second kappa shape index (κ2) is 7.70. The molecule has 1 aliphatic rings. The van der Waals surface area contributed by atoms with Crippen LogP contribution in [0, 0.1) is 11.6 Å². The van der Waals surface area contributed by atoms with E-state index >= 15 is 0 Å². The van der Waals surface area contributed by atoms with E-state index in [-0.39, 0.29) is 17.5 Å². The zero-order valence-electron chi connectivity index (χ0n) is 14.2. The smallest absolute Gasteiger partial charge is 0.254 e. The summed E-state index contributed by atoms with van der Waals surface area (Å²) in [5.41, 5.74) is 0.702. The molecule has 2 heterocycles. The third kappa shape index (κ3) is 3.85. The largest absolute Gasteiger partial charge is 0.337 e. The summed E-state index contributed by atoms with van der Waals surface area (Å²) in [7, 11) is 0. The van der Waals surface area contributed by atoms with Gasteiger partial charge in [0, 0.05) is 55.7 Å². The number of carbonyl (C=O) groups excluding carboxylic acids is 1. The first kappa shape index (κ1) is 17.5. The zero-order chi connectivity index (χ0) is 17.8. The molecule has 132 valence electrons. The van der Waals surface area contributed by atoms with Crippen LogP contribution in [0.25, 0.3) is 0 Å². The van der Waals surface area contributed by atoms with Crippen LogP contribution < -0.4 is 0 Å². The maximum atomic E-state index is 14.0. The number of carbonyl (C=O) groups is 1. The van der Waals surface area contributed by atoms with Gasteiger partial charge in [0.1, 0.15) is 11.6 Å². The van der Waals surface area contributed by atoms with Crippen molar-refractivity contribution in [2.45, 2.75) is 19.4 Å². The molecule has 4 nitrogen and oxygen atoms in total. The number of hydrogen-bond acceptors (Lipinski definition) is 3. The first-order chi connectivity index (χ1) is 12.1. The van der Waals surface area contributed by atoms with Crippen LogP contribution in [0.5, 0.6) is 0 Å². The van der Waals surface area contributed by atoms with Gasteiger partial charge in [-0.3, -0.25) is 14.7 Å². The fraction of sp³-hybridized carbons (Fsp3) is 0.368. The minimum Gasteiger partial charge on any atom is -0.337 e. The molecule has 25 heavy (non-hydrogen) atoms. The quantitative estimate of drug-likeness (QED) is 0.857. The Morgan fingerprint density at radius 1 is 1.04 bits per heavy atom. The third-order valence-corrected chi connectivity index (χ3v) is 4.71. The summed E-state index contributed by atoms with van der Waals surface area (Å²) in [6, 6.07) is 6.96. The first-order valence-corrected chi connectivity index (χ1v) is 8.45. The average molecular weight is 345 g/mol. The van der Waals surface area contributed by atoms with Gasteiger partial charge in [-0.05, 0) is 37.6 Å². The molecule has 1 aliphatic heterocycles. The average Bonchev–Trinajstić information content (AvgIpc) is 2.88. The number of pyridine rings is 1. The van der Waals surface area contributed by atoms with Gasteiger partial charge in [0.25, 0.3) is 5.91 Å². The van der Waals surface area contributed by atoms with Gasteiger partial charge in [0.15, 0.2) is 0 Å². The highest BCUT2D eigenvalue weighted by molar-refractivity contribution is 5.94. The molecule has 0 saturated carbocycles. The molecule has 1 amide bonds. The van der Waals surface area contributed by atoms with Crippen molar-refractivity contribution in [3.63, 3.8) is 0 Å². The van der Waals surface area contributed by atoms with Crippen molar-refractivity contribution in [2.24, 2.45) is 0 Å². The Hall–Kier alpha value is -2.34. The predicted octanol–water partition coefficient (Wildman–Crippen LogP) is 3.27. The van der Waals surface area contributed by atoms with Crippen LogP contribution in [0.4, 0.5) is 8.78 Å². The molecule has 0 aliphatic carbocycles. The zero-order valence-corrected chi connectivity index (χ0v) is 14.2. The molecule has 3 rings (SSSR count). The van der Waals surface area contributed by atoms with E-state index < -0.39 is 11.6 Å². The van der Waals surface area contributed by atoms with Gasteiger partial charge >= 0.3 is 0 Å². The van der Waals surface area contributed by atoms with Crippen LogP contribution in [0.1, 0.15) is 35.3 Å². The van der Waals surface area contributed by atoms with Crippen molar-refractivity contribution in [1.29, 1.82) is 0 Å². The monoisotopic (exact) mass is 345 g/mol. The SMILES string of the molecule is CC(c1c(F)cccc1F)N1CCCN(C(=O)c2ccncc2)CC1. The Morgan fingerprint density at radius 3 is 2.40 bits per heavy atom. The van der Waals surface area contributed by atoms with E-state index in [0.29, 0.717) is 31.7 Å². The van der Waals surface area contributed by atoms with E-state index in [2.05, 4.69) is 4.98 Å². The van der Waals surface area contributed by atoms with Crippen LogP contribution in [-0.4, -0.2) is 46.9 Å². The van der Waals surface area contributed by atoms with E-state index in [1.54, 1.807) is 29.4 Å². The maximum absolute atomic E-state index is 14.0. The Bertz CT molecular complexity index is 718. The molecule has 1 unspecified atom stereocenters. The number of amides is 1. The summed E-state index contributed by atoms with van der Waals surface area (Å²) in [5.74, 6) is -1.09. The summed E-state index contributed by atoms with van der Waals surface area (Å²) < 4.78 is 28.1. The fourth-order valence-corrected chi connectivity index (χ4v) is 3.30. The van der Waals surface area contributed by atoms with Crippen molar-refractivity contribution in [3.8, 4) is 0 Å². The fourth-order valence-electron chi connectivity index (χ4n) is 3.30. The third-order valence-electron chi connectivity index (χ3n) is 4.71. The van der Waals surface area contributed by atoms with E-state index in [1.165, 1.54) is 18.2 Å². The van der Waals surface area contributed by atoms with E-state index in [9.17, 15) is 13.6 Å². The van der Waals surface area contributed by atoms with Crippen LogP contribution in [0.2, 0.25) is 0 Å². The summed E-state index contributed by atoms with van der Waals surface area (Å²) >= 11 is 0. The van der Waals surface area contributed by atoms with Gasteiger partial charge in [-0.2, -0.15) is 0 Å². The summed E-state index contributed by atoms with van der Waals surface area (Å²) in [4.78, 5) is 20.3. The van der Waals surface area contributed by atoms with Crippen LogP contribution in [-0.2, 0) is 0 Å². The second-order valence-corrected chi connectivity index (χ2v) is 6.23. The van der Waals surface area contributed by atoms with Gasteiger partial charge in [-0.15, -0.1) is 0 Å². The standard InChI is InChI=1S/C19H21F2N3O/c1-14(18-16(20)4-2-5-17(18)21)23-10-3-11-24(13-12-23)19(25)15-6-8-22-9-7-15/h2,4-9,14H,3,10-13H2,1H3. The lowest BCUT2D eigenvalue weighted by atomic mass is 10.1. The number of nitrogens with zero attached hydrogens (tertiary/aromatic N) is 3. The first-order valence-electron chi connectivity index (χ1n) is 8.45. The summed E-state index contributed by atoms with van der Waals surface area (Å²) in [6.45, 7) is 4.23. The number of halogens is 2. The molecule has 0 N–H and O–H groups in total. The molecule has 6 heteroatoms. The van der Waals surface area contributed by atoms with E-state index in [1.807, 2.05) is 11.8 Å². The predicted molar refractivity (Wildman–Crippen MR) is 91.1 cm³/mol. The number of rotatable bonds is 3. The maximum Gasteiger partial charge on any atom is 0.254 e. The van der Waals surface area contributed by atoms with Crippen molar-refractivity contribution in [3.05, 3.63) is 65.5 Å². The van der Waals surface area contributed by atoms with Gasteiger partial charge in [0.2, 0.25) is 0 Å². The highest BCUT2D eigenvalue weighted by Crippen LogP contribution is 2.26. The lowest BCUT2D eigenvalue weighted by Gasteiger charge is -2.28. The van der Waals surface area contributed by atoms with Crippen LogP contribution in [0.15, 0.2) is 42.7 Å². The molecular formula is C19H21F2N3O. The molecule has 0 radical (unpaired) electrons. The Balaban J connectivity index is 1.70. The normalized spacial score (nSPS) is 17.2. The lowest BCUT2D eigenvalue weighted by Crippen LogP contribution is -2.36. The van der Waals surface area contributed by atoms with Crippen LogP contribution >= 0.6 is 0 Å². The number of hydrogen-bond donors (Lipinski definition) is 0. The minimum absolute atomic E-state index is 0.0334. The van der Waals surface area contributed by atoms with Crippen LogP contribution in [0.3, 0.4) is 0 Å². The number of benzene rings is 1. The molecule has 0 bridgehead atoms. The Morgan fingerprint density at radius 2 is 1.72 bits per heavy atom. The molecule has 1 aromatic heterocycles. The summed E-state index contributed by atoms with van der Waals surface area (Å²) in [6.07, 6.45) is 3.96. The van der Waals surface area contributed by atoms with E-state index in [0.717, 1.165) is 6.42 Å². The molecule has 1 fully saturated rings. The van der Waals surface area contributed by atoms with Crippen molar-refractivity contribution < 1.29 is 13.6 Å². The molecule has 2 aromatic rings. The highest BCUT2D eigenvalue weighted by atomic mass is 19.1. The van der Waals surface area contributed by atoms with E-state index in [4.69, 9.17) is 0 Å². The van der Waals surface area contributed by atoms with Crippen molar-refractivity contribution in [2.75, 3.05) is 26.2 Å². The van der Waals surface area contributed by atoms with Gasteiger partial charge in [0.05, 0.1) is 0 Å². The second-order valence-electron chi connectivity index (χ2n) is 6.23. The minimum atomic E-state index is -0.526. The Labute approximate surface area is 146 Å².